The van der Waals surface area contributed by atoms with Crippen molar-refractivity contribution in [2.75, 3.05) is 13.1 Å². The average Bonchev–Trinajstić information content (AvgIpc) is 3.25. The number of carbonyl (C=O) groups is 2. The SMILES string of the molecule is O=C(CNC(=O)C1CC1)NCCCc1cccc(Br)c1. The molecule has 1 aromatic rings. The molecular formula is C15H19BrN2O2. The fourth-order valence-electron chi connectivity index (χ4n) is 1.93. The molecule has 0 bridgehead atoms. The summed E-state index contributed by atoms with van der Waals surface area (Å²) in [5.74, 6) is 0.0434. The van der Waals surface area contributed by atoms with Crippen LogP contribution in [0.3, 0.4) is 0 Å². The summed E-state index contributed by atoms with van der Waals surface area (Å²) in [6.45, 7) is 0.719. The molecule has 5 heteroatoms. The molecule has 0 unspecified atom stereocenters. The second-order valence-corrected chi connectivity index (χ2v) is 5.99. The molecule has 1 fully saturated rings. The van der Waals surface area contributed by atoms with Gasteiger partial charge < -0.3 is 10.6 Å². The van der Waals surface area contributed by atoms with E-state index in [1.807, 2.05) is 12.1 Å². The zero-order valence-electron chi connectivity index (χ0n) is 11.3. The third-order valence-electron chi connectivity index (χ3n) is 3.22. The van der Waals surface area contributed by atoms with E-state index in [-0.39, 0.29) is 24.3 Å². The van der Waals surface area contributed by atoms with Crippen LogP contribution in [-0.4, -0.2) is 24.9 Å². The number of hydrogen-bond acceptors (Lipinski definition) is 2. The highest BCUT2D eigenvalue weighted by Gasteiger charge is 2.29. The van der Waals surface area contributed by atoms with Crippen molar-refractivity contribution in [2.45, 2.75) is 25.7 Å². The maximum absolute atomic E-state index is 11.5. The van der Waals surface area contributed by atoms with Crippen LogP contribution in [0.15, 0.2) is 28.7 Å². The molecule has 1 aliphatic carbocycles. The highest BCUT2D eigenvalue weighted by molar-refractivity contribution is 9.10. The summed E-state index contributed by atoms with van der Waals surface area (Å²) in [6.07, 6.45) is 3.73. The molecular weight excluding hydrogens is 320 g/mol. The van der Waals surface area contributed by atoms with Gasteiger partial charge in [0.15, 0.2) is 0 Å². The zero-order valence-corrected chi connectivity index (χ0v) is 12.9. The van der Waals surface area contributed by atoms with Gasteiger partial charge in [0.2, 0.25) is 11.8 Å². The van der Waals surface area contributed by atoms with Crippen LogP contribution in [0.1, 0.15) is 24.8 Å². The van der Waals surface area contributed by atoms with Gasteiger partial charge in [-0.2, -0.15) is 0 Å². The van der Waals surface area contributed by atoms with Crippen LogP contribution in [0.5, 0.6) is 0 Å². The molecule has 0 aliphatic heterocycles. The third-order valence-corrected chi connectivity index (χ3v) is 3.72. The molecule has 0 saturated heterocycles. The Morgan fingerprint density at radius 3 is 2.75 bits per heavy atom. The predicted molar refractivity (Wildman–Crippen MR) is 81.2 cm³/mol. The summed E-state index contributed by atoms with van der Waals surface area (Å²) in [5, 5.41) is 5.47. The van der Waals surface area contributed by atoms with Gasteiger partial charge in [0.1, 0.15) is 0 Å². The number of benzene rings is 1. The van der Waals surface area contributed by atoms with Gasteiger partial charge in [0.05, 0.1) is 6.54 Å². The maximum atomic E-state index is 11.5. The van der Waals surface area contributed by atoms with Gasteiger partial charge in [0.25, 0.3) is 0 Å². The molecule has 1 aliphatic rings. The van der Waals surface area contributed by atoms with Crippen molar-refractivity contribution in [3.05, 3.63) is 34.3 Å². The lowest BCUT2D eigenvalue weighted by atomic mass is 10.1. The minimum Gasteiger partial charge on any atom is -0.355 e. The number of carbonyl (C=O) groups excluding carboxylic acids is 2. The van der Waals surface area contributed by atoms with Crippen LogP contribution in [-0.2, 0) is 16.0 Å². The molecule has 108 valence electrons. The number of aryl methyl sites for hydroxylation is 1. The van der Waals surface area contributed by atoms with Crippen molar-refractivity contribution in [3.63, 3.8) is 0 Å². The Balaban J connectivity index is 1.56. The van der Waals surface area contributed by atoms with E-state index < -0.39 is 0 Å². The Bertz CT molecular complexity index is 487. The maximum Gasteiger partial charge on any atom is 0.239 e. The first-order chi connectivity index (χ1) is 9.65. The van der Waals surface area contributed by atoms with E-state index in [0.717, 1.165) is 30.2 Å². The monoisotopic (exact) mass is 338 g/mol. The van der Waals surface area contributed by atoms with E-state index in [1.165, 1.54) is 5.56 Å². The largest absolute Gasteiger partial charge is 0.355 e. The molecule has 0 aromatic heterocycles. The molecule has 0 spiro atoms. The Kier molecular flexibility index (Phi) is 5.59. The zero-order chi connectivity index (χ0) is 14.4. The number of rotatable bonds is 7. The van der Waals surface area contributed by atoms with Crippen LogP contribution in [0, 0.1) is 5.92 Å². The topological polar surface area (TPSA) is 58.2 Å². The lowest BCUT2D eigenvalue weighted by Gasteiger charge is -2.07. The number of nitrogens with one attached hydrogen (secondary N) is 2. The lowest BCUT2D eigenvalue weighted by Crippen LogP contribution is -2.37. The Hall–Kier alpha value is -1.36. The molecule has 1 aromatic carbocycles. The number of hydrogen-bond donors (Lipinski definition) is 2. The van der Waals surface area contributed by atoms with Crippen LogP contribution < -0.4 is 10.6 Å². The first kappa shape index (κ1) is 15.0. The van der Waals surface area contributed by atoms with Gasteiger partial charge in [-0.3, -0.25) is 9.59 Å². The first-order valence-electron chi connectivity index (χ1n) is 6.94. The Morgan fingerprint density at radius 2 is 2.05 bits per heavy atom. The van der Waals surface area contributed by atoms with E-state index in [2.05, 4.69) is 38.7 Å². The van der Waals surface area contributed by atoms with Gasteiger partial charge in [-0.25, -0.2) is 0 Å². The molecule has 4 nitrogen and oxygen atoms in total. The van der Waals surface area contributed by atoms with Crippen molar-refractivity contribution in [1.82, 2.24) is 10.6 Å². The molecule has 20 heavy (non-hydrogen) atoms. The molecule has 2 rings (SSSR count). The normalized spacial score (nSPS) is 13.8. The third kappa shape index (κ3) is 5.33. The van der Waals surface area contributed by atoms with Gasteiger partial charge in [-0.05, 0) is 43.4 Å². The minimum absolute atomic E-state index is 0.00860. The fraction of sp³-hybridized carbons (Fsp3) is 0.467. The molecule has 0 radical (unpaired) electrons. The second-order valence-electron chi connectivity index (χ2n) is 5.08. The number of amides is 2. The highest BCUT2D eigenvalue weighted by atomic mass is 79.9. The highest BCUT2D eigenvalue weighted by Crippen LogP contribution is 2.28. The average molecular weight is 339 g/mol. The molecule has 1 saturated carbocycles. The first-order valence-corrected chi connectivity index (χ1v) is 7.73. The second kappa shape index (κ2) is 7.43. The fourth-order valence-corrected chi connectivity index (χ4v) is 2.38. The van der Waals surface area contributed by atoms with Crippen molar-refractivity contribution in [1.29, 1.82) is 0 Å². The quantitative estimate of drug-likeness (QED) is 0.747. The van der Waals surface area contributed by atoms with Crippen LogP contribution in [0.2, 0.25) is 0 Å². The molecule has 2 amide bonds. The Labute approximate surface area is 127 Å². The Morgan fingerprint density at radius 1 is 1.25 bits per heavy atom. The van der Waals surface area contributed by atoms with E-state index in [9.17, 15) is 9.59 Å². The van der Waals surface area contributed by atoms with Gasteiger partial charge >= 0.3 is 0 Å². The standard InChI is InChI=1S/C15H19BrN2O2/c16-13-5-1-3-11(9-13)4-2-8-17-14(19)10-18-15(20)12-6-7-12/h1,3,5,9,12H,2,4,6-8,10H2,(H,17,19)(H,18,20). The molecule has 2 N–H and O–H groups in total. The van der Waals surface area contributed by atoms with Crippen molar-refractivity contribution in [3.8, 4) is 0 Å². The number of halogens is 1. The van der Waals surface area contributed by atoms with Crippen molar-refractivity contribution < 1.29 is 9.59 Å². The predicted octanol–water partition coefficient (Wildman–Crippen LogP) is 2.02. The van der Waals surface area contributed by atoms with E-state index in [4.69, 9.17) is 0 Å². The summed E-state index contributed by atoms with van der Waals surface area (Å²) in [6, 6.07) is 8.15. The molecule has 0 atom stereocenters. The van der Waals surface area contributed by atoms with Crippen LogP contribution >= 0.6 is 15.9 Å². The van der Waals surface area contributed by atoms with Crippen LogP contribution in [0.25, 0.3) is 0 Å². The summed E-state index contributed by atoms with van der Waals surface area (Å²) in [7, 11) is 0. The van der Waals surface area contributed by atoms with Crippen LogP contribution in [0.4, 0.5) is 0 Å². The summed E-state index contributed by atoms with van der Waals surface area (Å²) < 4.78 is 1.07. The van der Waals surface area contributed by atoms with E-state index in [0.29, 0.717) is 6.54 Å². The summed E-state index contributed by atoms with van der Waals surface area (Å²) in [4.78, 5) is 22.9. The summed E-state index contributed by atoms with van der Waals surface area (Å²) in [5.41, 5.74) is 1.25. The van der Waals surface area contributed by atoms with Gasteiger partial charge in [-0.1, -0.05) is 28.1 Å². The lowest BCUT2D eigenvalue weighted by molar-refractivity contribution is -0.126. The van der Waals surface area contributed by atoms with Crippen molar-refractivity contribution >= 4 is 27.7 Å². The van der Waals surface area contributed by atoms with E-state index >= 15 is 0 Å². The molecule has 0 heterocycles. The van der Waals surface area contributed by atoms with Crippen molar-refractivity contribution in [2.24, 2.45) is 5.92 Å². The van der Waals surface area contributed by atoms with Gasteiger partial charge in [-0.15, -0.1) is 0 Å². The summed E-state index contributed by atoms with van der Waals surface area (Å²) >= 11 is 3.44. The van der Waals surface area contributed by atoms with Gasteiger partial charge in [0, 0.05) is 16.9 Å². The van der Waals surface area contributed by atoms with E-state index in [1.54, 1.807) is 0 Å². The smallest absolute Gasteiger partial charge is 0.239 e. The minimum atomic E-state index is -0.117.